The van der Waals surface area contributed by atoms with Gasteiger partial charge < -0.3 is 9.90 Å². The van der Waals surface area contributed by atoms with E-state index in [1.165, 1.54) is 0 Å². The molecule has 0 spiro atoms. The number of hydrogen-bond acceptors (Lipinski definition) is 2. The SMILES string of the molecule is O=C([O-])/C(F)=C/CBr. The second kappa shape index (κ2) is 3.60. The third-order valence-electron chi connectivity index (χ3n) is 0.451. The number of carbonyl (C=O) groups excluding carboxylic acids is 1. The first-order chi connectivity index (χ1) is 3.68. The van der Waals surface area contributed by atoms with E-state index < -0.39 is 11.8 Å². The van der Waals surface area contributed by atoms with Crippen LogP contribution in [0.25, 0.3) is 0 Å². The molecule has 0 atom stereocenters. The van der Waals surface area contributed by atoms with Gasteiger partial charge in [0.25, 0.3) is 0 Å². The van der Waals surface area contributed by atoms with Crippen molar-refractivity contribution >= 4 is 21.9 Å². The molecule has 0 aromatic carbocycles. The first-order valence-electron chi connectivity index (χ1n) is 1.81. The number of hydrogen-bond donors (Lipinski definition) is 0. The van der Waals surface area contributed by atoms with Crippen LogP contribution < -0.4 is 5.11 Å². The van der Waals surface area contributed by atoms with Crippen LogP contribution in [0.5, 0.6) is 0 Å². The van der Waals surface area contributed by atoms with Gasteiger partial charge in [-0.25, -0.2) is 4.39 Å². The predicted octanol–water partition coefficient (Wildman–Crippen LogP) is -0.0154. The third-order valence-corrected chi connectivity index (χ3v) is 0.775. The van der Waals surface area contributed by atoms with Crippen molar-refractivity contribution in [3.05, 3.63) is 11.9 Å². The van der Waals surface area contributed by atoms with Crippen molar-refractivity contribution in [3.8, 4) is 0 Å². The molecule has 0 aromatic heterocycles. The molecule has 2 nitrogen and oxygen atoms in total. The summed E-state index contributed by atoms with van der Waals surface area (Å²) < 4.78 is 11.7. The number of aliphatic carboxylic acids is 1. The van der Waals surface area contributed by atoms with E-state index in [-0.39, 0.29) is 5.33 Å². The molecule has 0 aliphatic rings. The molecule has 0 N–H and O–H groups in total. The predicted molar refractivity (Wildman–Crippen MR) is 28.0 cm³/mol. The molecule has 0 amide bonds. The topological polar surface area (TPSA) is 40.1 Å². The van der Waals surface area contributed by atoms with E-state index in [2.05, 4.69) is 15.9 Å². The highest BCUT2D eigenvalue weighted by molar-refractivity contribution is 9.09. The summed E-state index contributed by atoms with van der Waals surface area (Å²) in [6.07, 6.45) is 0.870. The Bertz CT molecular complexity index is 121. The Morgan fingerprint density at radius 1 is 1.88 bits per heavy atom. The number of carboxylic acid groups (broad SMARTS) is 1. The normalized spacial score (nSPS) is 11.5. The molecule has 0 aliphatic heterocycles. The van der Waals surface area contributed by atoms with Gasteiger partial charge in [0.1, 0.15) is 5.83 Å². The highest BCUT2D eigenvalue weighted by Crippen LogP contribution is 1.94. The van der Waals surface area contributed by atoms with Crippen molar-refractivity contribution in [1.82, 2.24) is 0 Å². The summed E-state index contributed by atoms with van der Waals surface area (Å²) in [6.45, 7) is 0. The summed E-state index contributed by atoms with van der Waals surface area (Å²) in [7, 11) is 0. The zero-order valence-corrected chi connectivity index (χ0v) is 5.44. The van der Waals surface area contributed by atoms with Gasteiger partial charge in [0, 0.05) is 5.33 Å². The van der Waals surface area contributed by atoms with Crippen LogP contribution in [0.3, 0.4) is 0 Å². The molecule has 0 unspecified atom stereocenters. The van der Waals surface area contributed by atoms with Gasteiger partial charge in [-0.15, -0.1) is 0 Å². The zero-order valence-electron chi connectivity index (χ0n) is 3.86. The van der Waals surface area contributed by atoms with Crippen LogP contribution in [0.1, 0.15) is 0 Å². The molecule has 46 valence electrons. The maximum Gasteiger partial charge on any atom is 0.142 e. The minimum atomic E-state index is -1.77. The summed E-state index contributed by atoms with van der Waals surface area (Å²) >= 11 is 2.81. The maximum atomic E-state index is 11.7. The summed E-state index contributed by atoms with van der Waals surface area (Å²) in [5.74, 6) is -3.01. The number of rotatable bonds is 2. The highest BCUT2D eigenvalue weighted by Gasteiger charge is 1.89. The lowest BCUT2D eigenvalue weighted by molar-refractivity contribution is -0.301. The summed E-state index contributed by atoms with van der Waals surface area (Å²) in [5.41, 5.74) is 0. The monoisotopic (exact) mass is 181 g/mol. The van der Waals surface area contributed by atoms with E-state index in [0.29, 0.717) is 0 Å². The molecular formula is C4H3BrFO2-. The van der Waals surface area contributed by atoms with Gasteiger partial charge >= 0.3 is 0 Å². The van der Waals surface area contributed by atoms with Gasteiger partial charge in [0.15, 0.2) is 0 Å². The lowest BCUT2D eigenvalue weighted by Crippen LogP contribution is -2.22. The maximum absolute atomic E-state index is 11.7. The standard InChI is InChI=1S/C4H4BrFO2/c5-2-1-3(6)4(7)8/h1H,2H2,(H,7,8)/p-1/b3-1-. The average molecular weight is 182 g/mol. The van der Waals surface area contributed by atoms with Crippen LogP contribution in [-0.4, -0.2) is 11.3 Å². The van der Waals surface area contributed by atoms with E-state index in [1.807, 2.05) is 0 Å². The Labute approximate surface area is 54.1 Å². The second-order valence-corrected chi connectivity index (χ2v) is 1.64. The molecular weight excluding hydrogens is 179 g/mol. The quantitative estimate of drug-likeness (QED) is 0.444. The summed E-state index contributed by atoms with van der Waals surface area (Å²) in [4.78, 5) is 9.51. The van der Waals surface area contributed by atoms with Crippen molar-refractivity contribution in [2.45, 2.75) is 0 Å². The molecule has 0 heterocycles. The number of carbonyl (C=O) groups is 1. The Balaban J connectivity index is 3.80. The first kappa shape index (κ1) is 7.62. The van der Waals surface area contributed by atoms with Gasteiger partial charge in [-0.2, -0.15) is 0 Å². The van der Waals surface area contributed by atoms with Crippen molar-refractivity contribution in [3.63, 3.8) is 0 Å². The van der Waals surface area contributed by atoms with E-state index in [0.717, 1.165) is 6.08 Å². The minimum absolute atomic E-state index is 0.187. The molecule has 0 rings (SSSR count). The van der Waals surface area contributed by atoms with Crippen molar-refractivity contribution in [2.75, 3.05) is 5.33 Å². The van der Waals surface area contributed by atoms with Gasteiger partial charge in [-0.05, 0) is 6.08 Å². The fraction of sp³-hybridized carbons (Fsp3) is 0.250. The Morgan fingerprint density at radius 2 is 2.38 bits per heavy atom. The molecule has 0 radical (unpaired) electrons. The van der Waals surface area contributed by atoms with Crippen LogP contribution in [-0.2, 0) is 4.79 Å². The van der Waals surface area contributed by atoms with E-state index in [4.69, 9.17) is 0 Å². The van der Waals surface area contributed by atoms with Gasteiger partial charge in [0.2, 0.25) is 0 Å². The number of allylic oxidation sites excluding steroid dienone is 1. The Morgan fingerprint density at radius 3 is 2.50 bits per heavy atom. The van der Waals surface area contributed by atoms with Gasteiger partial charge in [-0.1, -0.05) is 15.9 Å². The van der Waals surface area contributed by atoms with E-state index in [1.54, 1.807) is 0 Å². The fourth-order valence-electron chi connectivity index (χ4n) is 0.151. The Hall–Kier alpha value is -0.380. The number of carboxylic acids is 1. The molecule has 0 fully saturated rings. The minimum Gasteiger partial charge on any atom is -0.542 e. The molecule has 0 saturated heterocycles. The highest BCUT2D eigenvalue weighted by atomic mass is 79.9. The Kier molecular flexibility index (Phi) is 3.43. The average Bonchev–Trinajstić information content (AvgIpc) is 1.67. The van der Waals surface area contributed by atoms with Crippen LogP contribution >= 0.6 is 15.9 Å². The van der Waals surface area contributed by atoms with Crippen LogP contribution in [0.4, 0.5) is 4.39 Å². The summed E-state index contributed by atoms with van der Waals surface area (Å²) in [6, 6.07) is 0. The van der Waals surface area contributed by atoms with Crippen LogP contribution in [0.15, 0.2) is 11.9 Å². The number of halogens is 2. The lowest BCUT2D eigenvalue weighted by Gasteiger charge is -1.92. The van der Waals surface area contributed by atoms with Gasteiger partial charge in [-0.3, -0.25) is 0 Å². The fourth-order valence-corrected chi connectivity index (χ4v) is 0.435. The second-order valence-electron chi connectivity index (χ2n) is 0.994. The molecule has 0 aromatic rings. The first-order valence-corrected chi connectivity index (χ1v) is 2.93. The van der Waals surface area contributed by atoms with E-state index >= 15 is 0 Å². The molecule has 0 bridgehead atoms. The molecule has 0 saturated carbocycles. The lowest BCUT2D eigenvalue weighted by atomic mass is 10.5. The van der Waals surface area contributed by atoms with E-state index in [9.17, 15) is 14.3 Å². The smallest absolute Gasteiger partial charge is 0.142 e. The molecule has 0 aliphatic carbocycles. The van der Waals surface area contributed by atoms with Crippen molar-refractivity contribution in [2.24, 2.45) is 0 Å². The zero-order chi connectivity index (χ0) is 6.57. The van der Waals surface area contributed by atoms with Crippen LogP contribution in [0, 0.1) is 0 Å². The molecule has 8 heavy (non-hydrogen) atoms. The van der Waals surface area contributed by atoms with Gasteiger partial charge in [0.05, 0.1) is 5.97 Å². The summed E-state index contributed by atoms with van der Waals surface area (Å²) in [5, 5.41) is 9.70. The molecule has 4 heteroatoms. The largest absolute Gasteiger partial charge is 0.542 e. The van der Waals surface area contributed by atoms with Crippen molar-refractivity contribution < 1.29 is 14.3 Å². The third kappa shape index (κ3) is 2.74. The van der Waals surface area contributed by atoms with Crippen molar-refractivity contribution in [1.29, 1.82) is 0 Å². The number of alkyl halides is 1. The van der Waals surface area contributed by atoms with Crippen LogP contribution in [0.2, 0.25) is 0 Å².